The Morgan fingerprint density at radius 3 is 2.64 bits per heavy atom. The molecule has 136 valence electrons. The van der Waals surface area contributed by atoms with E-state index in [1.54, 1.807) is 0 Å². The average molecular weight is 362 g/mol. The Balaban J connectivity index is 1.37. The molecule has 0 spiro atoms. The minimum Gasteiger partial charge on any atom is -0.342 e. The van der Waals surface area contributed by atoms with E-state index in [-0.39, 0.29) is 18.0 Å². The van der Waals surface area contributed by atoms with Crippen LogP contribution >= 0.6 is 11.8 Å². The minimum absolute atomic E-state index is 0.121. The van der Waals surface area contributed by atoms with E-state index in [1.807, 2.05) is 47.0 Å². The van der Waals surface area contributed by atoms with Crippen LogP contribution in [0.5, 0.6) is 0 Å². The first-order valence-corrected chi connectivity index (χ1v) is 10.1. The predicted molar refractivity (Wildman–Crippen MR) is 102 cm³/mol. The molecule has 0 aromatic heterocycles. The molecular weight excluding hydrogens is 336 g/mol. The summed E-state index contributed by atoms with van der Waals surface area (Å²) in [5.74, 6) is 2.38. The quantitative estimate of drug-likeness (QED) is 0.765. The van der Waals surface area contributed by atoms with Gasteiger partial charge in [-0.2, -0.15) is 11.8 Å². The van der Waals surface area contributed by atoms with Gasteiger partial charge in [-0.3, -0.25) is 4.79 Å². The van der Waals surface area contributed by atoms with E-state index >= 15 is 0 Å². The number of carbonyl (C=O) groups excluding carboxylic acids is 2. The van der Waals surface area contributed by atoms with Gasteiger partial charge in [0.25, 0.3) is 0 Å². The standard InChI is InChI=1S/C18H26N4O2S/c23-17(12-16-13-25-11-8-19-16)22-9-6-15(7-10-22)21-18(24)20-14-4-2-1-3-5-14/h1-5,15-16,19H,6-13H2,(H2,20,21,24). The zero-order chi connectivity index (χ0) is 17.5. The van der Waals surface area contributed by atoms with Gasteiger partial charge < -0.3 is 20.9 Å². The molecule has 1 aromatic carbocycles. The Kier molecular flexibility index (Phi) is 6.58. The number of thioether (sulfide) groups is 1. The molecule has 3 amide bonds. The Bertz CT molecular complexity index is 570. The number of nitrogens with zero attached hydrogens (tertiary/aromatic N) is 1. The highest BCUT2D eigenvalue weighted by atomic mass is 32.2. The number of likely N-dealkylation sites (tertiary alicyclic amines) is 1. The summed E-state index contributed by atoms with van der Waals surface area (Å²) in [7, 11) is 0. The van der Waals surface area contributed by atoms with E-state index in [2.05, 4.69) is 16.0 Å². The Morgan fingerprint density at radius 1 is 1.20 bits per heavy atom. The number of hydrogen-bond donors (Lipinski definition) is 3. The van der Waals surface area contributed by atoms with Crippen molar-refractivity contribution >= 4 is 29.4 Å². The second-order valence-corrected chi connectivity index (χ2v) is 7.70. The zero-order valence-corrected chi connectivity index (χ0v) is 15.2. The fourth-order valence-electron chi connectivity index (χ4n) is 3.24. The Morgan fingerprint density at radius 2 is 1.96 bits per heavy atom. The molecule has 25 heavy (non-hydrogen) atoms. The second-order valence-electron chi connectivity index (χ2n) is 6.55. The Labute approximate surface area is 153 Å². The van der Waals surface area contributed by atoms with Crippen molar-refractivity contribution in [3.05, 3.63) is 30.3 Å². The third kappa shape index (κ3) is 5.64. The molecule has 7 heteroatoms. The number of urea groups is 1. The normalized spacial score (nSPS) is 21.6. The molecule has 0 bridgehead atoms. The van der Waals surface area contributed by atoms with Crippen LogP contribution < -0.4 is 16.0 Å². The largest absolute Gasteiger partial charge is 0.342 e. The summed E-state index contributed by atoms with van der Waals surface area (Å²) in [6.07, 6.45) is 2.20. The molecule has 1 aromatic rings. The third-order valence-corrected chi connectivity index (χ3v) is 5.76. The lowest BCUT2D eigenvalue weighted by molar-refractivity contribution is -0.132. The molecule has 3 rings (SSSR count). The summed E-state index contributed by atoms with van der Waals surface area (Å²) in [4.78, 5) is 26.4. The molecule has 0 saturated carbocycles. The Hall–Kier alpha value is -1.73. The zero-order valence-electron chi connectivity index (χ0n) is 14.4. The summed E-state index contributed by atoms with van der Waals surface area (Å²) in [6, 6.07) is 9.65. The first kappa shape index (κ1) is 18.1. The molecule has 6 nitrogen and oxygen atoms in total. The van der Waals surface area contributed by atoms with E-state index in [1.165, 1.54) is 0 Å². The molecule has 0 radical (unpaired) electrons. The number of anilines is 1. The smallest absolute Gasteiger partial charge is 0.319 e. The third-order valence-electron chi connectivity index (χ3n) is 4.63. The monoisotopic (exact) mass is 362 g/mol. The van der Waals surface area contributed by atoms with Gasteiger partial charge in [-0.05, 0) is 25.0 Å². The highest BCUT2D eigenvalue weighted by molar-refractivity contribution is 7.99. The van der Waals surface area contributed by atoms with Gasteiger partial charge in [-0.25, -0.2) is 4.79 Å². The van der Waals surface area contributed by atoms with Gasteiger partial charge in [0.1, 0.15) is 0 Å². The number of carbonyl (C=O) groups is 2. The van der Waals surface area contributed by atoms with Crippen molar-refractivity contribution < 1.29 is 9.59 Å². The summed E-state index contributed by atoms with van der Waals surface area (Å²) in [5, 5.41) is 9.25. The number of hydrogen-bond acceptors (Lipinski definition) is 4. The first-order valence-electron chi connectivity index (χ1n) is 8.92. The summed E-state index contributed by atoms with van der Waals surface area (Å²) >= 11 is 1.91. The van der Waals surface area contributed by atoms with E-state index in [0.29, 0.717) is 12.5 Å². The number of piperidine rings is 1. The minimum atomic E-state index is -0.181. The molecular formula is C18H26N4O2S. The molecule has 2 aliphatic rings. The van der Waals surface area contributed by atoms with Crippen LogP contribution in [0.3, 0.4) is 0 Å². The maximum atomic E-state index is 12.4. The fourth-order valence-corrected chi connectivity index (χ4v) is 4.19. The lowest BCUT2D eigenvalue weighted by Gasteiger charge is -2.33. The first-order chi connectivity index (χ1) is 12.2. The highest BCUT2D eigenvalue weighted by Gasteiger charge is 2.26. The van der Waals surface area contributed by atoms with Gasteiger partial charge >= 0.3 is 6.03 Å². The average Bonchev–Trinajstić information content (AvgIpc) is 2.64. The number of rotatable bonds is 4. The van der Waals surface area contributed by atoms with Crippen molar-refractivity contribution in [1.82, 2.24) is 15.5 Å². The molecule has 2 heterocycles. The summed E-state index contributed by atoms with van der Waals surface area (Å²) < 4.78 is 0. The van der Waals surface area contributed by atoms with Crippen molar-refractivity contribution in [1.29, 1.82) is 0 Å². The number of amides is 3. The van der Waals surface area contributed by atoms with Gasteiger partial charge in [0.2, 0.25) is 5.91 Å². The topological polar surface area (TPSA) is 73.5 Å². The van der Waals surface area contributed by atoms with Crippen LogP contribution in [0.4, 0.5) is 10.5 Å². The fraction of sp³-hybridized carbons (Fsp3) is 0.556. The highest BCUT2D eigenvalue weighted by Crippen LogP contribution is 2.15. The molecule has 0 aliphatic carbocycles. The van der Waals surface area contributed by atoms with Crippen molar-refractivity contribution in [2.45, 2.75) is 31.3 Å². The molecule has 2 aliphatic heterocycles. The molecule has 1 atom stereocenters. The van der Waals surface area contributed by atoms with Crippen LogP contribution in [0.25, 0.3) is 0 Å². The van der Waals surface area contributed by atoms with Gasteiger partial charge in [0, 0.05) is 55.3 Å². The van der Waals surface area contributed by atoms with Gasteiger partial charge in [0.15, 0.2) is 0 Å². The van der Waals surface area contributed by atoms with Crippen LogP contribution in [-0.4, -0.2) is 60.1 Å². The summed E-state index contributed by atoms with van der Waals surface area (Å²) in [5.41, 5.74) is 0.783. The van der Waals surface area contributed by atoms with Crippen molar-refractivity contribution in [2.75, 3.05) is 36.5 Å². The summed E-state index contributed by atoms with van der Waals surface area (Å²) in [6.45, 7) is 2.43. The van der Waals surface area contributed by atoms with Crippen LogP contribution in [0.1, 0.15) is 19.3 Å². The van der Waals surface area contributed by atoms with Crippen molar-refractivity contribution in [3.8, 4) is 0 Å². The lowest BCUT2D eigenvalue weighted by Crippen LogP contribution is -2.49. The van der Waals surface area contributed by atoms with Crippen LogP contribution in [-0.2, 0) is 4.79 Å². The molecule has 1 unspecified atom stereocenters. The van der Waals surface area contributed by atoms with E-state index < -0.39 is 0 Å². The van der Waals surface area contributed by atoms with Crippen LogP contribution in [0.2, 0.25) is 0 Å². The second kappa shape index (κ2) is 9.10. The molecule has 2 fully saturated rings. The van der Waals surface area contributed by atoms with Crippen molar-refractivity contribution in [3.63, 3.8) is 0 Å². The van der Waals surface area contributed by atoms with E-state index in [0.717, 1.165) is 49.7 Å². The van der Waals surface area contributed by atoms with Gasteiger partial charge in [-0.1, -0.05) is 18.2 Å². The SMILES string of the molecule is O=C(Nc1ccccc1)NC1CCN(C(=O)CC2CSCCN2)CC1. The van der Waals surface area contributed by atoms with Gasteiger partial charge in [-0.15, -0.1) is 0 Å². The van der Waals surface area contributed by atoms with E-state index in [4.69, 9.17) is 0 Å². The lowest BCUT2D eigenvalue weighted by atomic mass is 10.0. The van der Waals surface area contributed by atoms with Crippen molar-refractivity contribution in [2.24, 2.45) is 0 Å². The molecule has 2 saturated heterocycles. The number of nitrogens with one attached hydrogen (secondary N) is 3. The maximum absolute atomic E-state index is 12.4. The van der Waals surface area contributed by atoms with Gasteiger partial charge in [0.05, 0.1) is 0 Å². The van der Waals surface area contributed by atoms with E-state index in [9.17, 15) is 9.59 Å². The van der Waals surface area contributed by atoms with Crippen LogP contribution in [0.15, 0.2) is 30.3 Å². The number of benzene rings is 1. The van der Waals surface area contributed by atoms with Crippen LogP contribution in [0, 0.1) is 0 Å². The predicted octanol–water partition coefficient (Wildman–Crippen LogP) is 1.89. The molecule has 3 N–H and O–H groups in total. The maximum Gasteiger partial charge on any atom is 0.319 e. The number of para-hydroxylation sites is 1.